The molecular formula is C15H26N4O2S. The summed E-state index contributed by atoms with van der Waals surface area (Å²) in [6, 6.07) is -0.232. The van der Waals surface area contributed by atoms with Crippen LogP contribution in [0.2, 0.25) is 0 Å². The second-order valence-electron chi connectivity index (χ2n) is 5.76. The minimum absolute atomic E-state index is 0.232. The molecule has 0 aliphatic carbocycles. The lowest BCUT2D eigenvalue weighted by molar-refractivity contribution is 0.101. The van der Waals surface area contributed by atoms with E-state index in [9.17, 15) is 9.90 Å². The number of aromatic nitrogens is 1. The van der Waals surface area contributed by atoms with Crippen molar-refractivity contribution in [2.75, 3.05) is 32.7 Å². The summed E-state index contributed by atoms with van der Waals surface area (Å²) in [5, 5.41) is 18.5. The number of rotatable bonds is 7. The Morgan fingerprint density at radius 1 is 1.41 bits per heavy atom. The molecule has 1 aliphatic heterocycles. The maximum Gasteiger partial charge on any atom is 0.314 e. The Morgan fingerprint density at radius 2 is 2.18 bits per heavy atom. The van der Waals surface area contributed by atoms with Crippen LogP contribution in [-0.4, -0.2) is 59.8 Å². The topological polar surface area (TPSA) is 77.5 Å². The van der Waals surface area contributed by atoms with Crippen LogP contribution in [0.25, 0.3) is 0 Å². The highest BCUT2D eigenvalue weighted by molar-refractivity contribution is 7.09. The molecule has 1 saturated heterocycles. The summed E-state index contributed by atoms with van der Waals surface area (Å²) < 4.78 is 0. The number of β-amino-alcohol motifs (C(OH)–C–C–N with tert-alkyl or cyclic N) is 1. The predicted molar refractivity (Wildman–Crippen MR) is 88.3 cm³/mol. The third kappa shape index (κ3) is 6.29. The summed E-state index contributed by atoms with van der Waals surface area (Å²) in [6.45, 7) is 5.55. The van der Waals surface area contributed by atoms with E-state index in [0.717, 1.165) is 30.2 Å². The maximum absolute atomic E-state index is 11.7. The zero-order chi connectivity index (χ0) is 15.8. The number of nitrogens with one attached hydrogen (secondary N) is 2. The molecule has 1 aromatic rings. The Morgan fingerprint density at radius 3 is 2.86 bits per heavy atom. The van der Waals surface area contributed by atoms with Crippen LogP contribution in [0, 0.1) is 6.92 Å². The molecular weight excluding hydrogens is 300 g/mol. The molecule has 0 saturated carbocycles. The van der Waals surface area contributed by atoms with Crippen molar-refractivity contribution in [1.29, 1.82) is 0 Å². The van der Waals surface area contributed by atoms with E-state index in [1.165, 1.54) is 19.3 Å². The van der Waals surface area contributed by atoms with Gasteiger partial charge >= 0.3 is 6.03 Å². The van der Waals surface area contributed by atoms with E-state index in [2.05, 4.69) is 20.5 Å². The van der Waals surface area contributed by atoms with Gasteiger partial charge in [-0.25, -0.2) is 9.78 Å². The largest absolute Gasteiger partial charge is 0.390 e. The van der Waals surface area contributed by atoms with E-state index in [1.54, 1.807) is 11.3 Å². The number of carbonyl (C=O) groups is 1. The molecule has 124 valence electrons. The number of hydrogen-bond acceptors (Lipinski definition) is 5. The van der Waals surface area contributed by atoms with Gasteiger partial charge in [0.05, 0.1) is 16.8 Å². The summed E-state index contributed by atoms with van der Waals surface area (Å²) >= 11 is 1.62. The number of hydrogen-bond donors (Lipinski definition) is 3. The molecule has 6 nitrogen and oxygen atoms in total. The van der Waals surface area contributed by atoms with E-state index in [1.807, 2.05) is 12.3 Å². The Labute approximate surface area is 135 Å². The van der Waals surface area contributed by atoms with Gasteiger partial charge in [-0.15, -0.1) is 11.3 Å². The lowest BCUT2D eigenvalue weighted by Gasteiger charge is -2.28. The van der Waals surface area contributed by atoms with Gasteiger partial charge in [0.25, 0.3) is 0 Å². The average Bonchev–Trinajstić information content (AvgIpc) is 2.92. The predicted octanol–water partition coefficient (Wildman–Crippen LogP) is 1.14. The van der Waals surface area contributed by atoms with E-state index < -0.39 is 6.10 Å². The van der Waals surface area contributed by atoms with Crippen LogP contribution in [0.4, 0.5) is 4.79 Å². The molecule has 22 heavy (non-hydrogen) atoms. The second kappa shape index (κ2) is 9.07. The summed E-state index contributed by atoms with van der Waals surface area (Å²) in [6.07, 6.45) is 3.91. The Balaban J connectivity index is 1.54. The van der Waals surface area contributed by atoms with Crippen LogP contribution < -0.4 is 10.6 Å². The van der Waals surface area contributed by atoms with Crippen molar-refractivity contribution in [3.8, 4) is 0 Å². The standard InChI is InChI=1S/C15H26N4O2S/c1-12-18-13(11-22-12)5-6-16-15(21)17-9-14(20)10-19-7-3-2-4-8-19/h11,14,20H,2-10H2,1H3,(H2,16,17,21)/t14-/m1/s1. The first-order valence-electron chi connectivity index (χ1n) is 7.96. The smallest absolute Gasteiger partial charge is 0.314 e. The minimum atomic E-state index is -0.509. The van der Waals surface area contributed by atoms with Gasteiger partial charge in [0.2, 0.25) is 0 Å². The van der Waals surface area contributed by atoms with E-state index in [0.29, 0.717) is 13.1 Å². The van der Waals surface area contributed by atoms with Gasteiger partial charge in [0.15, 0.2) is 0 Å². The number of nitrogens with zero attached hydrogens (tertiary/aromatic N) is 2. The van der Waals surface area contributed by atoms with Gasteiger partial charge in [0.1, 0.15) is 0 Å². The van der Waals surface area contributed by atoms with Crippen LogP contribution in [0.3, 0.4) is 0 Å². The number of thiazole rings is 1. The van der Waals surface area contributed by atoms with E-state index in [-0.39, 0.29) is 12.6 Å². The number of aliphatic hydroxyl groups excluding tert-OH is 1. The number of aryl methyl sites for hydroxylation is 1. The third-order valence-electron chi connectivity index (χ3n) is 3.75. The Kier molecular flexibility index (Phi) is 7.08. The summed E-state index contributed by atoms with van der Waals surface area (Å²) in [4.78, 5) is 18.3. The first-order chi connectivity index (χ1) is 10.6. The monoisotopic (exact) mass is 326 g/mol. The quantitative estimate of drug-likeness (QED) is 0.702. The van der Waals surface area contributed by atoms with Crippen LogP contribution >= 0.6 is 11.3 Å². The molecule has 0 aromatic carbocycles. The van der Waals surface area contributed by atoms with Gasteiger partial charge in [-0.1, -0.05) is 6.42 Å². The van der Waals surface area contributed by atoms with Crippen molar-refractivity contribution in [3.63, 3.8) is 0 Å². The SMILES string of the molecule is Cc1nc(CCNC(=O)NC[C@@H](O)CN2CCCCC2)cs1. The van der Waals surface area contributed by atoms with E-state index in [4.69, 9.17) is 0 Å². The highest BCUT2D eigenvalue weighted by Gasteiger charge is 2.15. The van der Waals surface area contributed by atoms with Crippen LogP contribution in [0.1, 0.15) is 30.0 Å². The molecule has 1 aromatic heterocycles. The highest BCUT2D eigenvalue weighted by atomic mass is 32.1. The molecule has 2 rings (SSSR count). The first-order valence-corrected chi connectivity index (χ1v) is 8.84. The van der Waals surface area contributed by atoms with Gasteiger partial charge < -0.3 is 20.6 Å². The molecule has 1 fully saturated rings. The van der Waals surface area contributed by atoms with Crippen molar-refractivity contribution in [1.82, 2.24) is 20.5 Å². The van der Waals surface area contributed by atoms with Gasteiger partial charge in [-0.2, -0.15) is 0 Å². The molecule has 2 amide bonds. The molecule has 2 heterocycles. The fourth-order valence-corrected chi connectivity index (χ4v) is 3.25. The van der Waals surface area contributed by atoms with E-state index >= 15 is 0 Å². The zero-order valence-electron chi connectivity index (χ0n) is 13.2. The molecule has 0 unspecified atom stereocenters. The lowest BCUT2D eigenvalue weighted by atomic mass is 10.1. The number of likely N-dealkylation sites (tertiary alicyclic amines) is 1. The van der Waals surface area contributed by atoms with Gasteiger partial charge in [-0.05, 0) is 32.9 Å². The van der Waals surface area contributed by atoms with Crippen molar-refractivity contribution < 1.29 is 9.90 Å². The summed E-state index contributed by atoms with van der Waals surface area (Å²) in [7, 11) is 0. The van der Waals surface area contributed by atoms with Crippen molar-refractivity contribution in [3.05, 3.63) is 16.1 Å². The number of carbonyl (C=O) groups excluding carboxylic acids is 1. The summed E-state index contributed by atoms with van der Waals surface area (Å²) in [5.74, 6) is 0. The Bertz CT molecular complexity index is 460. The maximum atomic E-state index is 11.7. The average molecular weight is 326 g/mol. The Hall–Kier alpha value is -1.18. The van der Waals surface area contributed by atoms with Crippen molar-refractivity contribution >= 4 is 17.4 Å². The number of aliphatic hydroxyl groups is 1. The fourth-order valence-electron chi connectivity index (χ4n) is 2.60. The van der Waals surface area contributed by atoms with Gasteiger partial charge in [-0.3, -0.25) is 0 Å². The van der Waals surface area contributed by atoms with Crippen molar-refractivity contribution in [2.24, 2.45) is 0 Å². The highest BCUT2D eigenvalue weighted by Crippen LogP contribution is 2.09. The molecule has 7 heteroatoms. The van der Waals surface area contributed by atoms with Crippen LogP contribution in [0.5, 0.6) is 0 Å². The molecule has 0 spiro atoms. The number of urea groups is 1. The van der Waals surface area contributed by atoms with Crippen molar-refractivity contribution in [2.45, 2.75) is 38.7 Å². The molecule has 0 radical (unpaired) electrons. The minimum Gasteiger partial charge on any atom is -0.390 e. The number of piperidine rings is 1. The zero-order valence-corrected chi connectivity index (χ0v) is 14.0. The fraction of sp³-hybridized carbons (Fsp3) is 0.733. The summed E-state index contributed by atoms with van der Waals surface area (Å²) in [5.41, 5.74) is 1.01. The molecule has 1 aliphatic rings. The van der Waals surface area contributed by atoms with Crippen LogP contribution in [0.15, 0.2) is 5.38 Å². The normalized spacial score (nSPS) is 17.2. The first kappa shape index (κ1) is 17.2. The third-order valence-corrected chi connectivity index (χ3v) is 4.57. The molecule has 0 bridgehead atoms. The van der Waals surface area contributed by atoms with Crippen LogP contribution in [-0.2, 0) is 6.42 Å². The molecule has 1 atom stereocenters. The van der Waals surface area contributed by atoms with Gasteiger partial charge in [0, 0.05) is 31.4 Å². The molecule has 3 N–H and O–H groups in total. The lowest BCUT2D eigenvalue weighted by Crippen LogP contribution is -2.45. The number of amides is 2. The second-order valence-corrected chi connectivity index (χ2v) is 6.82.